The number of carbonyl (C=O) groups is 1. The molecule has 0 atom stereocenters. The van der Waals surface area contributed by atoms with Gasteiger partial charge in [-0.1, -0.05) is 6.92 Å². The number of hydrogen-bond acceptors (Lipinski definition) is 4. The number of carbonyl (C=O) groups excluding carboxylic acids is 1. The molecule has 0 spiro atoms. The molecule has 2 rings (SSSR count). The molecule has 1 aromatic heterocycles. The van der Waals surface area contributed by atoms with Crippen LogP contribution in [0.4, 0.5) is 5.69 Å². The SMILES string of the molecule is CCc1cc(C(=O)Nc2ccc(OCCN)cc2)n[nH]1.Cl. The van der Waals surface area contributed by atoms with Gasteiger partial charge in [-0.3, -0.25) is 9.89 Å². The number of H-pyrrole nitrogens is 1. The molecule has 0 unspecified atom stereocenters. The van der Waals surface area contributed by atoms with Gasteiger partial charge in [-0.15, -0.1) is 12.4 Å². The van der Waals surface area contributed by atoms with E-state index in [1.807, 2.05) is 6.92 Å². The van der Waals surface area contributed by atoms with Crippen LogP contribution in [0.1, 0.15) is 23.1 Å². The minimum Gasteiger partial charge on any atom is -0.492 e. The van der Waals surface area contributed by atoms with Crippen LogP contribution in [0.15, 0.2) is 30.3 Å². The summed E-state index contributed by atoms with van der Waals surface area (Å²) in [5, 5.41) is 9.55. The minimum absolute atomic E-state index is 0. The highest BCUT2D eigenvalue weighted by Crippen LogP contribution is 2.16. The zero-order chi connectivity index (χ0) is 14.4. The summed E-state index contributed by atoms with van der Waals surface area (Å²) in [5.74, 6) is 0.484. The highest BCUT2D eigenvalue weighted by atomic mass is 35.5. The number of hydrogen-bond donors (Lipinski definition) is 3. The Kier molecular flexibility index (Phi) is 6.71. The second kappa shape index (κ2) is 8.28. The highest BCUT2D eigenvalue weighted by Gasteiger charge is 2.10. The van der Waals surface area contributed by atoms with Crippen LogP contribution in [0.3, 0.4) is 0 Å². The monoisotopic (exact) mass is 310 g/mol. The number of ether oxygens (including phenoxy) is 1. The standard InChI is InChI=1S/C14H18N4O2.ClH/c1-2-10-9-13(18-17-10)14(19)16-11-3-5-12(6-4-11)20-8-7-15;/h3-6,9H,2,7-8,15H2,1H3,(H,16,19)(H,17,18);1H. The first-order chi connectivity index (χ1) is 9.72. The first-order valence-corrected chi connectivity index (χ1v) is 6.51. The van der Waals surface area contributed by atoms with Gasteiger partial charge in [0.2, 0.25) is 0 Å². The average Bonchev–Trinajstić information content (AvgIpc) is 2.95. The molecule has 21 heavy (non-hydrogen) atoms. The van der Waals surface area contributed by atoms with Crippen molar-refractivity contribution in [3.8, 4) is 5.75 Å². The second-order valence-electron chi connectivity index (χ2n) is 4.25. The number of rotatable bonds is 6. The van der Waals surface area contributed by atoms with Gasteiger partial charge in [0.05, 0.1) is 0 Å². The summed E-state index contributed by atoms with van der Waals surface area (Å²) in [4.78, 5) is 12.0. The van der Waals surface area contributed by atoms with Gasteiger partial charge in [0.1, 0.15) is 12.4 Å². The van der Waals surface area contributed by atoms with Crippen molar-refractivity contribution in [2.24, 2.45) is 5.73 Å². The van der Waals surface area contributed by atoms with Crippen molar-refractivity contribution in [2.75, 3.05) is 18.5 Å². The summed E-state index contributed by atoms with van der Waals surface area (Å²) in [6.07, 6.45) is 0.813. The quantitative estimate of drug-likeness (QED) is 0.760. The lowest BCUT2D eigenvalue weighted by molar-refractivity contribution is 0.102. The third-order valence-corrected chi connectivity index (χ3v) is 2.74. The Hall–Kier alpha value is -2.05. The molecule has 0 saturated carbocycles. The van der Waals surface area contributed by atoms with E-state index in [0.717, 1.165) is 17.9 Å². The maximum atomic E-state index is 12.0. The summed E-state index contributed by atoms with van der Waals surface area (Å²) in [6.45, 7) is 2.94. The Morgan fingerprint density at radius 2 is 2.10 bits per heavy atom. The van der Waals surface area contributed by atoms with Crippen molar-refractivity contribution in [3.05, 3.63) is 41.7 Å². The van der Waals surface area contributed by atoms with Crippen molar-refractivity contribution < 1.29 is 9.53 Å². The summed E-state index contributed by atoms with van der Waals surface area (Å²) < 4.78 is 5.36. The fourth-order valence-corrected chi connectivity index (χ4v) is 1.67. The third-order valence-electron chi connectivity index (χ3n) is 2.74. The molecule has 4 N–H and O–H groups in total. The number of nitrogens with one attached hydrogen (secondary N) is 2. The molecular formula is C14H19ClN4O2. The van der Waals surface area contributed by atoms with E-state index in [4.69, 9.17) is 10.5 Å². The van der Waals surface area contributed by atoms with Gasteiger partial charge in [-0.2, -0.15) is 5.10 Å². The first-order valence-electron chi connectivity index (χ1n) is 6.51. The Bertz CT molecular complexity index is 569. The largest absolute Gasteiger partial charge is 0.492 e. The van der Waals surface area contributed by atoms with Crippen LogP contribution < -0.4 is 15.8 Å². The molecule has 0 fully saturated rings. The molecule has 0 saturated heterocycles. The molecular weight excluding hydrogens is 292 g/mol. The van der Waals surface area contributed by atoms with Crippen molar-refractivity contribution >= 4 is 24.0 Å². The molecule has 0 aliphatic rings. The van der Waals surface area contributed by atoms with E-state index in [0.29, 0.717) is 24.5 Å². The summed E-state index contributed by atoms with van der Waals surface area (Å²) in [7, 11) is 0. The molecule has 1 aromatic carbocycles. The summed E-state index contributed by atoms with van der Waals surface area (Å²) in [5.41, 5.74) is 7.36. The minimum atomic E-state index is -0.239. The molecule has 0 bridgehead atoms. The van der Waals surface area contributed by atoms with Crippen LogP contribution in [-0.2, 0) is 6.42 Å². The number of nitrogens with two attached hydrogens (primary N) is 1. The van der Waals surface area contributed by atoms with Crippen LogP contribution in [0.2, 0.25) is 0 Å². The van der Waals surface area contributed by atoms with Crippen LogP contribution in [0.5, 0.6) is 5.75 Å². The summed E-state index contributed by atoms with van der Waals surface area (Å²) >= 11 is 0. The lowest BCUT2D eigenvalue weighted by atomic mass is 10.2. The van der Waals surface area contributed by atoms with E-state index >= 15 is 0 Å². The van der Waals surface area contributed by atoms with E-state index in [1.165, 1.54) is 0 Å². The lowest BCUT2D eigenvalue weighted by Crippen LogP contribution is -2.12. The number of benzene rings is 1. The number of aryl methyl sites for hydroxylation is 1. The average molecular weight is 311 g/mol. The van der Waals surface area contributed by atoms with Crippen LogP contribution in [0, 0.1) is 0 Å². The topological polar surface area (TPSA) is 93.0 Å². The van der Waals surface area contributed by atoms with E-state index < -0.39 is 0 Å². The maximum absolute atomic E-state index is 12.0. The zero-order valence-corrected chi connectivity index (χ0v) is 12.6. The van der Waals surface area contributed by atoms with Gasteiger partial charge in [0.25, 0.3) is 5.91 Å². The molecule has 1 amide bonds. The van der Waals surface area contributed by atoms with Gasteiger partial charge in [0.15, 0.2) is 5.69 Å². The Labute approximate surface area is 129 Å². The van der Waals surface area contributed by atoms with E-state index in [1.54, 1.807) is 30.3 Å². The van der Waals surface area contributed by atoms with Gasteiger partial charge in [0, 0.05) is 17.9 Å². The number of nitrogens with zero attached hydrogens (tertiary/aromatic N) is 1. The normalized spacial score (nSPS) is 9.81. The van der Waals surface area contributed by atoms with E-state index in [-0.39, 0.29) is 18.3 Å². The van der Waals surface area contributed by atoms with Crippen molar-refractivity contribution in [2.45, 2.75) is 13.3 Å². The fourth-order valence-electron chi connectivity index (χ4n) is 1.67. The molecule has 2 aromatic rings. The van der Waals surface area contributed by atoms with Crippen molar-refractivity contribution in [3.63, 3.8) is 0 Å². The molecule has 0 aliphatic carbocycles. The second-order valence-corrected chi connectivity index (χ2v) is 4.25. The van der Waals surface area contributed by atoms with E-state index in [9.17, 15) is 4.79 Å². The van der Waals surface area contributed by atoms with Crippen molar-refractivity contribution in [1.29, 1.82) is 0 Å². The molecule has 7 heteroatoms. The predicted octanol–water partition coefficient (Wildman–Crippen LogP) is 1.98. The number of amides is 1. The molecule has 0 aliphatic heterocycles. The van der Waals surface area contributed by atoms with Gasteiger partial charge in [-0.05, 0) is 36.8 Å². The Morgan fingerprint density at radius 3 is 2.67 bits per heavy atom. The first kappa shape index (κ1) is 17.0. The Balaban J connectivity index is 0.00000220. The molecule has 6 nitrogen and oxygen atoms in total. The smallest absolute Gasteiger partial charge is 0.276 e. The highest BCUT2D eigenvalue weighted by molar-refractivity contribution is 6.02. The number of anilines is 1. The number of aromatic amines is 1. The Morgan fingerprint density at radius 1 is 1.38 bits per heavy atom. The van der Waals surface area contributed by atoms with Crippen LogP contribution >= 0.6 is 12.4 Å². The van der Waals surface area contributed by atoms with E-state index in [2.05, 4.69) is 15.5 Å². The van der Waals surface area contributed by atoms with Crippen molar-refractivity contribution in [1.82, 2.24) is 10.2 Å². The van der Waals surface area contributed by atoms with Gasteiger partial charge in [-0.25, -0.2) is 0 Å². The van der Waals surface area contributed by atoms with Crippen LogP contribution in [0.25, 0.3) is 0 Å². The lowest BCUT2D eigenvalue weighted by Gasteiger charge is -2.06. The van der Waals surface area contributed by atoms with Gasteiger partial charge < -0.3 is 15.8 Å². The molecule has 114 valence electrons. The fraction of sp³-hybridized carbons (Fsp3) is 0.286. The summed E-state index contributed by atoms with van der Waals surface area (Å²) in [6, 6.07) is 8.86. The predicted molar refractivity (Wildman–Crippen MR) is 84.2 cm³/mol. The zero-order valence-electron chi connectivity index (χ0n) is 11.8. The van der Waals surface area contributed by atoms with Gasteiger partial charge >= 0.3 is 0 Å². The third kappa shape index (κ3) is 4.77. The molecule has 0 radical (unpaired) electrons. The van der Waals surface area contributed by atoms with Crippen LogP contribution in [-0.4, -0.2) is 29.3 Å². The number of halogens is 1. The maximum Gasteiger partial charge on any atom is 0.276 e. The molecule has 1 heterocycles. The number of aromatic nitrogens is 2.